The Morgan fingerprint density at radius 3 is 2.55 bits per heavy atom. The van der Waals surface area contributed by atoms with Gasteiger partial charge < -0.3 is 4.42 Å². The van der Waals surface area contributed by atoms with Gasteiger partial charge in [-0.1, -0.05) is 42.5 Å². The normalized spacial score (nSPS) is 11.6. The molecule has 0 aliphatic heterocycles. The highest BCUT2D eigenvalue weighted by atomic mass is 32.1. The first kappa shape index (κ1) is 16.5. The number of para-hydroxylation sites is 2. The third-order valence-corrected chi connectivity index (χ3v) is 6.36. The number of aromatic nitrogens is 1. The van der Waals surface area contributed by atoms with Crippen LogP contribution in [-0.2, 0) is 0 Å². The molecule has 3 aromatic heterocycles. The van der Waals surface area contributed by atoms with Crippen LogP contribution in [0.15, 0.2) is 89.5 Å². The molecule has 0 N–H and O–H groups in total. The van der Waals surface area contributed by atoms with E-state index in [4.69, 9.17) is 9.40 Å². The Morgan fingerprint density at radius 1 is 0.828 bits per heavy atom. The number of fused-ring (bicyclic) bond motifs is 4. The van der Waals surface area contributed by atoms with Crippen molar-refractivity contribution < 1.29 is 8.81 Å². The largest absolute Gasteiger partial charge is 0.455 e. The zero-order valence-electron chi connectivity index (χ0n) is 15.2. The third kappa shape index (κ3) is 2.64. The van der Waals surface area contributed by atoms with Crippen LogP contribution in [0.4, 0.5) is 4.39 Å². The minimum Gasteiger partial charge on any atom is -0.455 e. The topological polar surface area (TPSA) is 26.0 Å². The average Bonchev–Trinajstić information content (AvgIpc) is 3.35. The first-order valence-electron chi connectivity index (χ1n) is 9.32. The summed E-state index contributed by atoms with van der Waals surface area (Å²) in [5.74, 6) is -0.224. The number of halogens is 1. The molecule has 138 valence electrons. The molecule has 3 heterocycles. The summed E-state index contributed by atoms with van der Waals surface area (Å²) in [6.07, 6.45) is 1.90. The van der Waals surface area contributed by atoms with Gasteiger partial charge in [-0.25, -0.2) is 4.39 Å². The summed E-state index contributed by atoms with van der Waals surface area (Å²) in [4.78, 5) is 5.80. The van der Waals surface area contributed by atoms with Gasteiger partial charge in [-0.05, 0) is 42.0 Å². The van der Waals surface area contributed by atoms with Gasteiger partial charge in [-0.2, -0.15) is 0 Å². The van der Waals surface area contributed by atoms with Crippen molar-refractivity contribution in [1.29, 1.82) is 0 Å². The Hall–Kier alpha value is -3.50. The van der Waals surface area contributed by atoms with E-state index in [-0.39, 0.29) is 5.82 Å². The number of thiophene rings is 1. The fraction of sp³-hybridized carbons (Fsp3) is 0. The Morgan fingerprint density at radius 2 is 1.66 bits per heavy atom. The molecule has 6 aromatic rings. The number of hydrogen-bond acceptors (Lipinski definition) is 3. The molecule has 0 radical (unpaired) electrons. The van der Waals surface area contributed by atoms with Crippen LogP contribution in [0.3, 0.4) is 0 Å². The molecule has 29 heavy (non-hydrogen) atoms. The fourth-order valence-corrected chi connectivity index (χ4v) is 4.86. The van der Waals surface area contributed by atoms with Gasteiger partial charge in [0, 0.05) is 37.5 Å². The number of furan rings is 1. The minimum atomic E-state index is -0.224. The van der Waals surface area contributed by atoms with Crippen molar-refractivity contribution in [1.82, 2.24) is 4.98 Å². The van der Waals surface area contributed by atoms with Crippen molar-refractivity contribution in [3.8, 4) is 21.7 Å². The molecular formula is C25H14FNOS. The van der Waals surface area contributed by atoms with Crippen LogP contribution in [0, 0.1) is 5.82 Å². The van der Waals surface area contributed by atoms with Crippen LogP contribution in [-0.4, -0.2) is 4.98 Å². The van der Waals surface area contributed by atoms with E-state index in [1.165, 1.54) is 12.1 Å². The number of nitrogens with zero attached hydrogens (tertiary/aromatic N) is 1. The van der Waals surface area contributed by atoms with Crippen molar-refractivity contribution >= 4 is 43.4 Å². The van der Waals surface area contributed by atoms with E-state index in [1.807, 2.05) is 48.7 Å². The third-order valence-electron chi connectivity index (χ3n) is 5.21. The Labute approximate surface area is 169 Å². The quantitative estimate of drug-likeness (QED) is 0.301. The van der Waals surface area contributed by atoms with Gasteiger partial charge in [0.25, 0.3) is 0 Å². The highest BCUT2D eigenvalue weighted by molar-refractivity contribution is 7.22. The van der Waals surface area contributed by atoms with Crippen molar-refractivity contribution in [2.75, 3.05) is 0 Å². The molecule has 0 aliphatic carbocycles. The molecule has 0 fully saturated rings. The summed E-state index contributed by atoms with van der Waals surface area (Å²) in [7, 11) is 0. The molecule has 6 rings (SSSR count). The van der Waals surface area contributed by atoms with Crippen LogP contribution in [0.2, 0.25) is 0 Å². The van der Waals surface area contributed by atoms with Gasteiger partial charge in [0.1, 0.15) is 17.0 Å². The maximum Gasteiger partial charge on any atom is 0.144 e. The van der Waals surface area contributed by atoms with Gasteiger partial charge in [0.2, 0.25) is 0 Å². The predicted molar refractivity (Wildman–Crippen MR) is 118 cm³/mol. The van der Waals surface area contributed by atoms with E-state index < -0.39 is 0 Å². The van der Waals surface area contributed by atoms with Crippen LogP contribution in [0.25, 0.3) is 53.7 Å². The lowest BCUT2D eigenvalue weighted by Gasteiger charge is -2.02. The van der Waals surface area contributed by atoms with Crippen LogP contribution in [0.5, 0.6) is 0 Å². The fourth-order valence-electron chi connectivity index (χ4n) is 3.79. The Bertz CT molecular complexity index is 1510. The lowest BCUT2D eigenvalue weighted by Crippen LogP contribution is -1.83. The highest BCUT2D eigenvalue weighted by Gasteiger charge is 2.14. The standard InChI is InChI=1S/C25H14FNOS/c26-17-10-8-15(9-11-17)23-12-16-14-27-21(13-24(16)29-23)20-6-3-5-19-18-4-1-2-7-22(18)28-25(19)20/h1-14H. The number of benzene rings is 3. The van der Waals surface area contributed by atoms with Crippen molar-refractivity contribution in [2.45, 2.75) is 0 Å². The first-order valence-corrected chi connectivity index (χ1v) is 10.1. The van der Waals surface area contributed by atoms with Crippen LogP contribution in [0.1, 0.15) is 0 Å². The summed E-state index contributed by atoms with van der Waals surface area (Å²) in [6.45, 7) is 0. The van der Waals surface area contributed by atoms with Crippen LogP contribution < -0.4 is 0 Å². The van der Waals surface area contributed by atoms with Crippen molar-refractivity contribution in [2.24, 2.45) is 0 Å². The smallest absolute Gasteiger partial charge is 0.144 e. The zero-order valence-corrected chi connectivity index (χ0v) is 16.0. The van der Waals surface area contributed by atoms with E-state index in [0.29, 0.717) is 0 Å². The summed E-state index contributed by atoms with van der Waals surface area (Å²) in [5.41, 5.74) is 4.61. The number of rotatable bonds is 2. The van der Waals surface area contributed by atoms with E-state index in [1.54, 1.807) is 11.3 Å². The molecule has 3 aromatic carbocycles. The van der Waals surface area contributed by atoms with Gasteiger partial charge >= 0.3 is 0 Å². The molecule has 0 aliphatic rings. The highest BCUT2D eigenvalue weighted by Crippen LogP contribution is 2.38. The molecular weight excluding hydrogens is 381 g/mol. The molecule has 0 saturated carbocycles. The molecule has 0 amide bonds. The van der Waals surface area contributed by atoms with Gasteiger partial charge in [-0.15, -0.1) is 11.3 Å². The maximum absolute atomic E-state index is 13.2. The molecule has 4 heteroatoms. The monoisotopic (exact) mass is 395 g/mol. The number of hydrogen-bond donors (Lipinski definition) is 0. The lowest BCUT2D eigenvalue weighted by atomic mass is 10.1. The van der Waals surface area contributed by atoms with Gasteiger partial charge in [0.15, 0.2) is 0 Å². The summed E-state index contributed by atoms with van der Waals surface area (Å²) in [5, 5.41) is 3.29. The van der Waals surface area contributed by atoms with Crippen LogP contribution >= 0.6 is 11.3 Å². The summed E-state index contributed by atoms with van der Waals surface area (Å²) < 4.78 is 20.5. The Balaban J connectivity index is 1.52. The maximum atomic E-state index is 13.2. The molecule has 0 unspecified atom stereocenters. The molecule has 2 nitrogen and oxygen atoms in total. The second-order valence-corrected chi connectivity index (χ2v) is 8.09. The SMILES string of the molecule is Fc1ccc(-c2cc3cnc(-c4cccc5c4oc4ccccc45)cc3s2)cc1. The molecule has 0 bridgehead atoms. The molecule has 0 atom stereocenters. The second-order valence-electron chi connectivity index (χ2n) is 7.01. The minimum absolute atomic E-state index is 0.224. The van der Waals surface area contributed by atoms with Gasteiger partial charge in [-0.3, -0.25) is 4.98 Å². The van der Waals surface area contributed by atoms with Crippen molar-refractivity contribution in [3.63, 3.8) is 0 Å². The molecule has 0 saturated heterocycles. The average molecular weight is 395 g/mol. The van der Waals surface area contributed by atoms with E-state index in [2.05, 4.69) is 24.3 Å². The predicted octanol–water partition coefficient (Wildman–Crippen LogP) is 7.67. The number of pyridine rings is 1. The Kier molecular flexibility index (Phi) is 3.55. The van der Waals surface area contributed by atoms with Gasteiger partial charge in [0.05, 0.1) is 5.69 Å². The summed E-state index contributed by atoms with van der Waals surface area (Å²) >= 11 is 1.68. The van der Waals surface area contributed by atoms with E-state index in [9.17, 15) is 4.39 Å². The van der Waals surface area contributed by atoms with E-state index >= 15 is 0 Å². The first-order chi connectivity index (χ1) is 14.3. The summed E-state index contributed by atoms with van der Waals surface area (Å²) in [6, 6.07) is 25.1. The van der Waals surface area contributed by atoms with Crippen molar-refractivity contribution in [3.05, 3.63) is 90.9 Å². The zero-order chi connectivity index (χ0) is 19.4. The molecule has 0 spiro atoms. The van der Waals surface area contributed by atoms with E-state index in [0.717, 1.165) is 53.7 Å². The second kappa shape index (κ2) is 6.26. The lowest BCUT2D eigenvalue weighted by molar-refractivity contribution is 0.628.